The molecule has 0 fully saturated rings. The molecule has 2 aromatic rings. The summed E-state index contributed by atoms with van der Waals surface area (Å²) in [7, 11) is 0. The number of carbonyl (C=O) groups excluding carboxylic acids is 1. The molecule has 0 aliphatic carbocycles. The minimum atomic E-state index is -0.116. The van der Waals surface area contributed by atoms with Gasteiger partial charge in [-0.05, 0) is 49.7 Å². The van der Waals surface area contributed by atoms with Gasteiger partial charge in [0.2, 0.25) is 0 Å². The zero-order valence-electron chi connectivity index (χ0n) is 11.6. The van der Waals surface area contributed by atoms with Crippen LogP contribution >= 0.6 is 0 Å². The number of nitrogens with zero attached hydrogens (tertiary/aromatic N) is 1. The molecular formula is C15H18N4O. The second-order valence-electron chi connectivity index (χ2n) is 4.63. The Morgan fingerprint density at radius 3 is 2.70 bits per heavy atom. The maximum Gasteiger partial charge on any atom is 0.251 e. The van der Waals surface area contributed by atoms with E-state index in [2.05, 4.69) is 15.7 Å². The van der Waals surface area contributed by atoms with Crippen LogP contribution in [-0.2, 0) is 6.54 Å². The summed E-state index contributed by atoms with van der Waals surface area (Å²) >= 11 is 0. The number of nitrogens with one attached hydrogen (secondary N) is 2. The number of rotatable bonds is 4. The molecular weight excluding hydrogens is 252 g/mol. The Hall–Kier alpha value is -2.40. The maximum atomic E-state index is 12.1. The van der Waals surface area contributed by atoms with Gasteiger partial charge in [0.25, 0.3) is 5.91 Å². The lowest BCUT2D eigenvalue weighted by Crippen LogP contribution is -2.24. The summed E-state index contributed by atoms with van der Waals surface area (Å²) in [6, 6.07) is 11.1. The molecule has 1 heterocycles. The average molecular weight is 270 g/mol. The third-order valence-electron chi connectivity index (χ3n) is 3.01. The lowest BCUT2D eigenvalue weighted by Gasteiger charge is -2.09. The van der Waals surface area contributed by atoms with Crippen molar-refractivity contribution >= 4 is 11.6 Å². The van der Waals surface area contributed by atoms with Gasteiger partial charge >= 0.3 is 0 Å². The van der Waals surface area contributed by atoms with E-state index in [1.807, 2.05) is 38.1 Å². The number of nitrogen functional groups attached to an aromatic ring is 1. The normalized spacial score (nSPS) is 10.2. The Kier molecular flexibility index (Phi) is 4.32. The van der Waals surface area contributed by atoms with Crippen LogP contribution in [0.4, 0.5) is 5.69 Å². The molecule has 0 bridgehead atoms. The van der Waals surface area contributed by atoms with Gasteiger partial charge in [-0.2, -0.15) is 0 Å². The van der Waals surface area contributed by atoms with E-state index in [1.54, 1.807) is 12.1 Å². The monoisotopic (exact) mass is 270 g/mol. The summed E-state index contributed by atoms with van der Waals surface area (Å²) in [4.78, 5) is 16.5. The highest BCUT2D eigenvalue weighted by molar-refractivity contribution is 5.96. The van der Waals surface area contributed by atoms with E-state index in [0.717, 1.165) is 22.6 Å². The summed E-state index contributed by atoms with van der Waals surface area (Å²) < 4.78 is 0. The highest BCUT2D eigenvalue weighted by atomic mass is 16.1. The van der Waals surface area contributed by atoms with Gasteiger partial charge in [0, 0.05) is 16.9 Å². The smallest absolute Gasteiger partial charge is 0.251 e. The molecule has 104 valence electrons. The quantitative estimate of drug-likeness (QED) is 0.585. The molecule has 0 aliphatic rings. The zero-order chi connectivity index (χ0) is 14.5. The molecule has 1 aromatic heterocycles. The second-order valence-corrected chi connectivity index (χ2v) is 4.63. The van der Waals surface area contributed by atoms with Gasteiger partial charge in [-0.25, -0.2) is 0 Å². The van der Waals surface area contributed by atoms with Crippen molar-refractivity contribution in [2.24, 2.45) is 5.84 Å². The van der Waals surface area contributed by atoms with Crippen LogP contribution in [0, 0.1) is 13.8 Å². The van der Waals surface area contributed by atoms with Crippen LogP contribution in [-0.4, -0.2) is 10.9 Å². The lowest BCUT2D eigenvalue weighted by molar-refractivity contribution is 0.0950. The molecule has 0 saturated carbocycles. The van der Waals surface area contributed by atoms with Gasteiger partial charge < -0.3 is 10.7 Å². The Bertz CT molecular complexity index is 625. The first kappa shape index (κ1) is 14.0. The maximum absolute atomic E-state index is 12.1. The number of aromatic nitrogens is 1. The number of hydrazine groups is 1. The van der Waals surface area contributed by atoms with Crippen molar-refractivity contribution in [3.63, 3.8) is 0 Å². The molecule has 0 unspecified atom stereocenters. The molecule has 4 N–H and O–H groups in total. The summed E-state index contributed by atoms with van der Waals surface area (Å²) in [5.74, 6) is 5.22. The van der Waals surface area contributed by atoms with Gasteiger partial charge in [0.1, 0.15) is 0 Å². The SMILES string of the molecule is Cc1cccc(CNC(=O)c2ccc(NN)cc2C)n1. The van der Waals surface area contributed by atoms with E-state index in [0.29, 0.717) is 12.1 Å². The highest BCUT2D eigenvalue weighted by Gasteiger charge is 2.09. The molecule has 2 rings (SSSR count). The summed E-state index contributed by atoms with van der Waals surface area (Å²) in [6.45, 7) is 4.21. The number of anilines is 1. The van der Waals surface area contributed by atoms with E-state index in [9.17, 15) is 4.79 Å². The third-order valence-corrected chi connectivity index (χ3v) is 3.01. The molecule has 5 heteroatoms. The third kappa shape index (κ3) is 3.33. The number of pyridine rings is 1. The first-order valence-electron chi connectivity index (χ1n) is 6.38. The molecule has 20 heavy (non-hydrogen) atoms. The molecule has 0 saturated heterocycles. The van der Waals surface area contributed by atoms with Gasteiger partial charge in [0.15, 0.2) is 0 Å². The zero-order valence-corrected chi connectivity index (χ0v) is 11.6. The number of nitrogens with two attached hydrogens (primary N) is 1. The Morgan fingerprint density at radius 2 is 2.05 bits per heavy atom. The van der Waals surface area contributed by atoms with Gasteiger partial charge in [-0.15, -0.1) is 0 Å². The summed E-state index contributed by atoms with van der Waals surface area (Å²) in [5.41, 5.74) is 6.62. The predicted molar refractivity (Wildman–Crippen MR) is 79.1 cm³/mol. The Morgan fingerprint density at radius 1 is 1.25 bits per heavy atom. The first-order chi connectivity index (χ1) is 9.60. The fourth-order valence-electron chi connectivity index (χ4n) is 1.97. The topological polar surface area (TPSA) is 80.0 Å². The minimum Gasteiger partial charge on any atom is -0.346 e. The molecule has 0 spiro atoms. The van der Waals surface area contributed by atoms with Crippen molar-refractivity contribution in [1.29, 1.82) is 0 Å². The molecule has 0 aliphatic heterocycles. The highest BCUT2D eigenvalue weighted by Crippen LogP contribution is 2.14. The standard InChI is InChI=1S/C15H18N4O/c1-10-8-12(19-16)6-7-14(10)15(20)17-9-13-5-3-4-11(2)18-13/h3-8,19H,9,16H2,1-2H3,(H,17,20). The fraction of sp³-hybridized carbons (Fsp3) is 0.200. The summed E-state index contributed by atoms with van der Waals surface area (Å²) in [6.07, 6.45) is 0. The van der Waals surface area contributed by atoms with Crippen LogP contribution in [0.25, 0.3) is 0 Å². The summed E-state index contributed by atoms with van der Waals surface area (Å²) in [5, 5.41) is 2.87. The predicted octanol–water partition coefficient (Wildman–Crippen LogP) is 1.91. The van der Waals surface area contributed by atoms with E-state index < -0.39 is 0 Å². The Labute approximate surface area is 118 Å². The van der Waals surface area contributed by atoms with Crippen molar-refractivity contribution < 1.29 is 4.79 Å². The van der Waals surface area contributed by atoms with E-state index >= 15 is 0 Å². The van der Waals surface area contributed by atoms with Gasteiger partial charge in [-0.1, -0.05) is 6.07 Å². The minimum absolute atomic E-state index is 0.116. The molecule has 0 radical (unpaired) electrons. The first-order valence-corrected chi connectivity index (χ1v) is 6.38. The average Bonchev–Trinajstić information content (AvgIpc) is 2.44. The van der Waals surface area contributed by atoms with Crippen LogP contribution in [0.5, 0.6) is 0 Å². The van der Waals surface area contributed by atoms with Crippen molar-refractivity contribution in [2.45, 2.75) is 20.4 Å². The van der Waals surface area contributed by atoms with Gasteiger partial charge in [-0.3, -0.25) is 15.6 Å². The van der Waals surface area contributed by atoms with Crippen molar-refractivity contribution in [3.05, 3.63) is 58.9 Å². The number of aryl methyl sites for hydroxylation is 2. The lowest BCUT2D eigenvalue weighted by atomic mass is 10.1. The van der Waals surface area contributed by atoms with E-state index in [-0.39, 0.29) is 5.91 Å². The second kappa shape index (κ2) is 6.16. The molecule has 0 atom stereocenters. The van der Waals surface area contributed by atoms with Gasteiger partial charge in [0.05, 0.1) is 12.2 Å². The van der Waals surface area contributed by atoms with Crippen LogP contribution in [0.15, 0.2) is 36.4 Å². The number of benzene rings is 1. The number of amides is 1. The molecule has 1 amide bonds. The van der Waals surface area contributed by atoms with Crippen molar-refractivity contribution in [2.75, 3.05) is 5.43 Å². The van der Waals surface area contributed by atoms with Crippen LogP contribution in [0.2, 0.25) is 0 Å². The molecule has 5 nitrogen and oxygen atoms in total. The fourth-order valence-corrected chi connectivity index (χ4v) is 1.97. The number of hydrogen-bond donors (Lipinski definition) is 3. The largest absolute Gasteiger partial charge is 0.346 e. The van der Waals surface area contributed by atoms with Crippen LogP contribution in [0.1, 0.15) is 27.3 Å². The Balaban J connectivity index is 2.05. The molecule has 1 aromatic carbocycles. The number of hydrogen-bond acceptors (Lipinski definition) is 4. The number of carbonyl (C=O) groups is 1. The van der Waals surface area contributed by atoms with E-state index in [1.165, 1.54) is 0 Å². The van der Waals surface area contributed by atoms with Crippen LogP contribution in [0.3, 0.4) is 0 Å². The van der Waals surface area contributed by atoms with Crippen molar-refractivity contribution in [1.82, 2.24) is 10.3 Å². The van der Waals surface area contributed by atoms with E-state index in [4.69, 9.17) is 5.84 Å². The van der Waals surface area contributed by atoms with Crippen LogP contribution < -0.4 is 16.6 Å². The van der Waals surface area contributed by atoms with Crippen molar-refractivity contribution in [3.8, 4) is 0 Å².